The summed E-state index contributed by atoms with van der Waals surface area (Å²) in [5, 5.41) is 9.09. The minimum Gasteiger partial charge on any atom is -0.478 e. The summed E-state index contributed by atoms with van der Waals surface area (Å²) in [5.41, 5.74) is 2.96. The third-order valence-corrected chi connectivity index (χ3v) is 6.23. The molecule has 0 bridgehead atoms. The molecule has 2 aromatic rings. The Balaban J connectivity index is 1.42. The molecule has 27 heavy (non-hydrogen) atoms. The van der Waals surface area contributed by atoms with Gasteiger partial charge in [-0.25, -0.2) is 9.78 Å². The van der Waals surface area contributed by atoms with E-state index >= 15 is 0 Å². The number of aromatic nitrogens is 2. The molecule has 0 radical (unpaired) electrons. The summed E-state index contributed by atoms with van der Waals surface area (Å²) >= 11 is 0. The highest BCUT2D eigenvalue weighted by Gasteiger charge is 2.24. The second-order valence-electron chi connectivity index (χ2n) is 8.09. The van der Waals surface area contributed by atoms with Crippen molar-refractivity contribution >= 4 is 5.97 Å². The number of benzene rings is 1. The third kappa shape index (κ3) is 4.24. The van der Waals surface area contributed by atoms with Crippen LogP contribution in [0.2, 0.25) is 0 Å². The van der Waals surface area contributed by atoms with Crippen molar-refractivity contribution < 1.29 is 9.90 Å². The molecular formula is C22H29N3O2. The van der Waals surface area contributed by atoms with Gasteiger partial charge in [0.2, 0.25) is 0 Å². The molecular weight excluding hydrogens is 338 g/mol. The number of hydrogen-bond acceptors (Lipinski definition) is 3. The molecule has 5 heteroatoms. The van der Waals surface area contributed by atoms with Crippen molar-refractivity contribution in [2.24, 2.45) is 0 Å². The maximum Gasteiger partial charge on any atom is 0.335 e. The molecule has 2 fully saturated rings. The van der Waals surface area contributed by atoms with Gasteiger partial charge in [0.05, 0.1) is 17.6 Å². The molecule has 1 aliphatic carbocycles. The van der Waals surface area contributed by atoms with E-state index in [4.69, 9.17) is 5.11 Å². The molecule has 1 N–H and O–H groups in total. The number of carboxylic acids is 1. The van der Waals surface area contributed by atoms with Crippen molar-refractivity contribution in [3.05, 3.63) is 53.6 Å². The minimum atomic E-state index is -0.859. The van der Waals surface area contributed by atoms with Crippen LogP contribution in [0, 0.1) is 0 Å². The SMILES string of the molecule is O=C(O)c1ccc([C@@H]2CCCN(Cc3cncn3C3CCCCC3)C2)cc1. The van der Waals surface area contributed by atoms with Crippen LogP contribution in [0.4, 0.5) is 0 Å². The van der Waals surface area contributed by atoms with E-state index in [0.717, 1.165) is 19.6 Å². The summed E-state index contributed by atoms with van der Waals surface area (Å²) in [6, 6.07) is 8.07. The van der Waals surface area contributed by atoms with E-state index in [2.05, 4.69) is 14.5 Å². The quantitative estimate of drug-likeness (QED) is 0.847. The maximum atomic E-state index is 11.1. The number of rotatable bonds is 5. The standard InChI is InChI=1S/C22H29N3O2/c26-22(27)18-10-8-17(9-11-18)19-5-4-12-24(14-19)15-21-13-23-16-25(21)20-6-2-1-3-7-20/h8-11,13,16,19-20H,1-7,12,14-15H2,(H,26,27)/t19-/m1/s1. The van der Waals surface area contributed by atoms with Crippen molar-refractivity contribution in [3.8, 4) is 0 Å². The normalized spacial score (nSPS) is 22.0. The van der Waals surface area contributed by atoms with Crippen molar-refractivity contribution in [1.29, 1.82) is 0 Å². The van der Waals surface area contributed by atoms with Crippen LogP contribution in [0.25, 0.3) is 0 Å². The second kappa shape index (κ2) is 8.26. The molecule has 0 spiro atoms. The topological polar surface area (TPSA) is 58.4 Å². The molecule has 1 aromatic carbocycles. The van der Waals surface area contributed by atoms with E-state index in [0.29, 0.717) is 17.5 Å². The van der Waals surface area contributed by atoms with Crippen molar-refractivity contribution in [2.45, 2.75) is 63.5 Å². The summed E-state index contributed by atoms with van der Waals surface area (Å²) in [6.45, 7) is 3.11. The van der Waals surface area contributed by atoms with Gasteiger partial charge in [-0.05, 0) is 55.8 Å². The smallest absolute Gasteiger partial charge is 0.335 e. The predicted molar refractivity (Wildman–Crippen MR) is 105 cm³/mol. The lowest BCUT2D eigenvalue weighted by Crippen LogP contribution is -2.34. The Morgan fingerprint density at radius 2 is 1.85 bits per heavy atom. The first-order chi connectivity index (χ1) is 13.2. The Morgan fingerprint density at radius 3 is 2.59 bits per heavy atom. The number of likely N-dealkylation sites (tertiary alicyclic amines) is 1. The van der Waals surface area contributed by atoms with E-state index in [1.54, 1.807) is 12.1 Å². The minimum absolute atomic E-state index is 0.364. The number of hydrogen-bond donors (Lipinski definition) is 1. The zero-order valence-electron chi connectivity index (χ0n) is 15.9. The number of imidazole rings is 1. The summed E-state index contributed by atoms with van der Waals surface area (Å²) < 4.78 is 2.42. The highest BCUT2D eigenvalue weighted by molar-refractivity contribution is 5.87. The van der Waals surface area contributed by atoms with Gasteiger partial charge >= 0.3 is 5.97 Å². The summed E-state index contributed by atoms with van der Waals surface area (Å²) in [7, 11) is 0. The van der Waals surface area contributed by atoms with Gasteiger partial charge in [0.25, 0.3) is 0 Å². The van der Waals surface area contributed by atoms with Gasteiger partial charge in [-0.15, -0.1) is 0 Å². The zero-order chi connectivity index (χ0) is 18.6. The number of carbonyl (C=O) groups is 1. The van der Waals surface area contributed by atoms with Crippen molar-refractivity contribution in [1.82, 2.24) is 14.5 Å². The number of aromatic carboxylic acids is 1. The molecule has 0 unspecified atom stereocenters. The Labute approximate surface area is 161 Å². The summed E-state index contributed by atoms with van der Waals surface area (Å²) in [5.74, 6) is -0.379. The van der Waals surface area contributed by atoms with E-state index in [-0.39, 0.29) is 0 Å². The van der Waals surface area contributed by atoms with Gasteiger partial charge < -0.3 is 9.67 Å². The van der Waals surface area contributed by atoms with Gasteiger partial charge in [0.1, 0.15) is 0 Å². The first-order valence-electron chi connectivity index (χ1n) is 10.3. The number of carboxylic acid groups (broad SMARTS) is 1. The highest BCUT2D eigenvalue weighted by Crippen LogP contribution is 2.31. The van der Waals surface area contributed by atoms with Gasteiger partial charge in [-0.2, -0.15) is 0 Å². The summed E-state index contributed by atoms with van der Waals surface area (Å²) in [6.07, 6.45) is 13.0. The molecule has 4 rings (SSSR count). The molecule has 1 atom stereocenters. The van der Waals surface area contributed by atoms with E-state index in [1.165, 1.54) is 56.2 Å². The monoisotopic (exact) mass is 367 g/mol. The molecule has 2 aliphatic rings. The van der Waals surface area contributed by atoms with Crippen LogP contribution >= 0.6 is 0 Å². The van der Waals surface area contributed by atoms with Crippen LogP contribution in [-0.4, -0.2) is 38.6 Å². The lowest BCUT2D eigenvalue weighted by Gasteiger charge is -2.34. The zero-order valence-corrected chi connectivity index (χ0v) is 15.9. The molecule has 1 aliphatic heterocycles. The Hall–Kier alpha value is -2.14. The summed E-state index contributed by atoms with van der Waals surface area (Å²) in [4.78, 5) is 18.0. The predicted octanol–water partition coefficient (Wildman–Crippen LogP) is 4.47. The van der Waals surface area contributed by atoms with Crippen LogP contribution in [0.5, 0.6) is 0 Å². The molecule has 144 valence electrons. The Kier molecular flexibility index (Phi) is 5.58. The fourth-order valence-corrected chi connectivity index (χ4v) is 4.74. The van der Waals surface area contributed by atoms with E-state index in [9.17, 15) is 4.79 Å². The lowest BCUT2D eigenvalue weighted by molar-refractivity contribution is 0.0697. The number of nitrogens with zero attached hydrogens (tertiary/aromatic N) is 3. The molecule has 1 saturated carbocycles. The molecule has 2 heterocycles. The van der Waals surface area contributed by atoms with E-state index < -0.39 is 5.97 Å². The third-order valence-electron chi connectivity index (χ3n) is 6.23. The van der Waals surface area contributed by atoms with Gasteiger partial charge in [0, 0.05) is 25.3 Å². The molecule has 5 nitrogen and oxygen atoms in total. The fraction of sp³-hybridized carbons (Fsp3) is 0.545. The van der Waals surface area contributed by atoms with Crippen LogP contribution in [-0.2, 0) is 6.54 Å². The van der Waals surface area contributed by atoms with Crippen LogP contribution in [0.15, 0.2) is 36.8 Å². The van der Waals surface area contributed by atoms with Crippen molar-refractivity contribution in [2.75, 3.05) is 13.1 Å². The number of piperidine rings is 1. The second-order valence-corrected chi connectivity index (χ2v) is 8.09. The van der Waals surface area contributed by atoms with Crippen LogP contribution < -0.4 is 0 Å². The molecule has 1 saturated heterocycles. The van der Waals surface area contributed by atoms with Gasteiger partial charge in [-0.1, -0.05) is 31.4 Å². The first kappa shape index (κ1) is 18.2. The molecule has 1 aromatic heterocycles. The lowest BCUT2D eigenvalue weighted by atomic mass is 9.90. The van der Waals surface area contributed by atoms with Crippen molar-refractivity contribution in [3.63, 3.8) is 0 Å². The maximum absolute atomic E-state index is 11.1. The largest absolute Gasteiger partial charge is 0.478 e. The highest BCUT2D eigenvalue weighted by atomic mass is 16.4. The molecule has 0 amide bonds. The Bertz CT molecular complexity index is 762. The van der Waals surface area contributed by atoms with Crippen LogP contribution in [0.3, 0.4) is 0 Å². The van der Waals surface area contributed by atoms with E-state index in [1.807, 2.05) is 24.7 Å². The average Bonchev–Trinajstić information content (AvgIpc) is 3.17. The van der Waals surface area contributed by atoms with Gasteiger partial charge in [0.15, 0.2) is 0 Å². The van der Waals surface area contributed by atoms with Crippen LogP contribution in [0.1, 0.15) is 78.5 Å². The average molecular weight is 367 g/mol. The fourth-order valence-electron chi connectivity index (χ4n) is 4.74. The van der Waals surface area contributed by atoms with Gasteiger partial charge in [-0.3, -0.25) is 4.90 Å². The first-order valence-corrected chi connectivity index (χ1v) is 10.3. The Morgan fingerprint density at radius 1 is 1.07 bits per heavy atom.